The van der Waals surface area contributed by atoms with Crippen molar-refractivity contribution in [2.75, 3.05) is 13.7 Å². The van der Waals surface area contributed by atoms with Crippen molar-refractivity contribution in [3.63, 3.8) is 0 Å². The van der Waals surface area contributed by atoms with Crippen molar-refractivity contribution in [3.05, 3.63) is 57.9 Å². The van der Waals surface area contributed by atoms with Crippen molar-refractivity contribution >= 4 is 17.7 Å². The molecule has 1 atom stereocenters. The third-order valence-electron chi connectivity index (χ3n) is 4.94. The smallest absolute Gasteiger partial charge is 0.337 e. The van der Waals surface area contributed by atoms with Crippen LogP contribution in [0.25, 0.3) is 0 Å². The third kappa shape index (κ3) is 3.52. The average molecular weight is 369 g/mol. The minimum Gasteiger partial charge on any atom is -0.465 e. The summed E-state index contributed by atoms with van der Waals surface area (Å²) in [6.07, 6.45) is 2.03. The van der Waals surface area contributed by atoms with Gasteiger partial charge in [0.1, 0.15) is 0 Å². The maximum atomic E-state index is 12.7. The van der Waals surface area contributed by atoms with E-state index in [0.29, 0.717) is 28.8 Å². The molecule has 1 heterocycles. The van der Waals surface area contributed by atoms with Crippen LogP contribution in [0.3, 0.4) is 0 Å². The number of nitrogens with one attached hydrogen (secondary N) is 1. The summed E-state index contributed by atoms with van der Waals surface area (Å²) in [6, 6.07) is 6.83. The fourth-order valence-electron chi connectivity index (χ4n) is 3.73. The van der Waals surface area contributed by atoms with Crippen molar-refractivity contribution in [3.8, 4) is 0 Å². The molecule has 6 nitrogen and oxygen atoms in total. The Morgan fingerprint density at radius 2 is 1.85 bits per heavy atom. The molecule has 0 bridgehead atoms. The monoisotopic (exact) mass is 369 g/mol. The zero-order valence-electron chi connectivity index (χ0n) is 15.8. The summed E-state index contributed by atoms with van der Waals surface area (Å²) in [5, 5.41) is 3.24. The number of esters is 2. The number of dihydropyridines is 1. The molecule has 0 saturated heterocycles. The van der Waals surface area contributed by atoms with Gasteiger partial charge in [-0.1, -0.05) is 12.1 Å². The standard InChI is InChI=1S/C21H23NO5/c1-4-27-21(25)17-12(2)22-15-6-5-7-16(23)19(15)18(17)13-8-10-14(11-9-13)20(24)26-3/h8-11,18,22H,4-7H2,1-3H3/t18-/m1/s1. The molecule has 142 valence electrons. The summed E-state index contributed by atoms with van der Waals surface area (Å²) in [7, 11) is 1.33. The first-order valence-electron chi connectivity index (χ1n) is 9.07. The number of Topliss-reactive ketones (excluding diaryl/α,β-unsaturated/α-hetero) is 1. The number of allylic oxidation sites excluding steroid dienone is 3. The van der Waals surface area contributed by atoms with Gasteiger partial charge in [-0.3, -0.25) is 4.79 Å². The van der Waals surface area contributed by atoms with Gasteiger partial charge in [-0.15, -0.1) is 0 Å². The lowest BCUT2D eigenvalue weighted by atomic mass is 9.75. The van der Waals surface area contributed by atoms with E-state index >= 15 is 0 Å². The maximum Gasteiger partial charge on any atom is 0.337 e. The Hall–Kier alpha value is -2.89. The quantitative estimate of drug-likeness (QED) is 0.822. The number of rotatable bonds is 4. The first kappa shape index (κ1) is 18.9. The maximum absolute atomic E-state index is 12.7. The van der Waals surface area contributed by atoms with Crippen LogP contribution in [-0.2, 0) is 19.1 Å². The molecule has 1 aromatic rings. The van der Waals surface area contributed by atoms with Gasteiger partial charge in [0.25, 0.3) is 0 Å². The number of ketones is 1. The lowest BCUT2D eigenvalue weighted by molar-refractivity contribution is -0.138. The molecule has 3 rings (SSSR count). The number of ether oxygens (including phenoxy) is 2. The van der Waals surface area contributed by atoms with Crippen molar-refractivity contribution < 1.29 is 23.9 Å². The second-order valence-electron chi connectivity index (χ2n) is 6.60. The highest BCUT2D eigenvalue weighted by Crippen LogP contribution is 2.42. The molecule has 0 saturated carbocycles. The van der Waals surface area contributed by atoms with E-state index in [-0.39, 0.29) is 12.4 Å². The largest absolute Gasteiger partial charge is 0.465 e. The van der Waals surface area contributed by atoms with Gasteiger partial charge >= 0.3 is 11.9 Å². The molecule has 2 aliphatic rings. The number of benzene rings is 1. The van der Waals surface area contributed by atoms with Crippen LogP contribution in [0.1, 0.15) is 54.9 Å². The van der Waals surface area contributed by atoms with Crippen LogP contribution in [0.2, 0.25) is 0 Å². The number of carbonyl (C=O) groups is 3. The molecule has 0 amide bonds. The normalized spacial score (nSPS) is 19.4. The summed E-state index contributed by atoms with van der Waals surface area (Å²) in [5.74, 6) is -1.33. The van der Waals surface area contributed by atoms with Crippen molar-refractivity contribution in [2.24, 2.45) is 0 Å². The molecule has 1 aromatic carbocycles. The van der Waals surface area contributed by atoms with Crippen LogP contribution in [0.4, 0.5) is 0 Å². The van der Waals surface area contributed by atoms with Crippen molar-refractivity contribution in [1.29, 1.82) is 0 Å². The van der Waals surface area contributed by atoms with Crippen LogP contribution >= 0.6 is 0 Å². The highest BCUT2D eigenvalue weighted by Gasteiger charge is 2.39. The summed E-state index contributed by atoms with van der Waals surface area (Å²) in [5.41, 5.74) is 3.83. The van der Waals surface area contributed by atoms with Gasteiger partial charge in [0.15, 0.2) is 5.78 Å². The van der Waals surface area contributed by atoms with E-state index < -0.39 is 17.9 Å². The van der Waals surface area contributed by atoms with E-state index in [1.807, 2.05) is 6.92 Å². The summed E-state index contributed by atoms with van der Waals surface area (Å²) >= 11 is 0. The first-order valence-corrected chi connectivity index (χ1v) is 9.07. The van der Waals surface area contributed by atoms with Gasteiger partial charge < -0.3 is 14.8 Å². The fourth-order valence-corrected chi connectivity index (χ4v) is 3.73. The summed E-state index contributed by atoms with van der Waals surface area (Å²) in [4.78, 5) is 37.1. The molecule has 6 heteroatoms. The third-order valence-corrected chi connectivity index (χ3v) is 4.94. The zero-order chi connectivity index (χ0) is 19.6. The Morgan fingerprint density at radius 3 is 2.48 bits per heavy atom. The van der Waals surface area contributed by atoms with Gasteiger partial charge in [-0.25, -0.2) is 9.59 Å². The van der Waals surface area contributed by atoms with Crippen LogP contribution < -0.4 is 5.32 Å². The molecule has 27 heavy (non-hydrogen) atoms. The van der Waals surface area contributed by atoms with Crippen LogP contribution in [0.15, 0.2) is 46.8 Å². The van der Waals surface area contributed by atoms with Crippen molar-refractivity contribution in [2.45, 2.75) is 39.0 Å². The van der Waals surface area contributed by atoms with Gasteiger partial charge in [0, 0.05) is 29.3 Å². The van der Waals surface area contributed by atoms with E-state index in [2.05, 4.69) is 5.32 Å². The van der Waals surface area contributed by atoms with Gasteiger partial charge in [-0.05, 0) is 44.4 Å². The topological polar surface area (TPSA) is 81.7 Å². The molecule has 1 aliphatic heterocycles. The van der Waals surface area contributed by atoms with E-state index in [1.54, 1.807) is 31.2 Å². The molecule has 1 aliphatic carbocycles. The average Bonchev–Trinajstić information content (AvgIpc) is 2.66. The fraction of sp³-hybridized carbons (Fsp3) is 0.381. The molecule has 1 N–H and O–H groups in total. The molecule has 0 fully saturated rings. The van der Waals surface area contributed by atoms with Crippen molar-refractivity contribution in [1.82, 2.24) is 5.32 Å². The highest BCUT2D eigenvalue weighted by atomic mass is 16.5. The molecular weight excluding hydrogens is 346 g/mol. The van der Waals surface area contributed by atoms with E-state index in [9.17, 15) is 14.4 Å². The molecule has 0 unspecified atom stereocenters. The Labute approximate surface area is 158 Å². The Bertz CT molecular complexity index is 848. The Morgan fingerprint density at radius 1 is 1.15 bits per heavy atom. The number of hydrogen-bond acceptors (Lipinski definition) is 6. The van der Waals surface area contributed by atoms with E-state index in [1.165, 1.54) is 7.11 Å². The molecule has 0 radical (unpaired) electrons. The van der Waals surface area contributed by atoms with Gasteiger partial charge in [-0.2, -0.15) is 0 Å². The van der Waals surface area contributed by atoms with E-state index in [0.717, 1.165) is 24.1 Å². The SMILES string of the molecule is CCOC(=O)C1=C(C)NC2=C(C(=O)CCC2)[C@@H]1c1ccc(C(=O)OC)cc1. The number of hydrogen-bond donors (Lipinski definition) is 1. The predicted octanol–water partition coefficient (Wildman–Crippen LogP) is 3.00. The molecular formula is C21H23NO5. The number of carbonyl (C=O) groups excluding carboxylic acids is 3. The van der Waals surface area contributed by atoms with Crippen LogP contribution in [0, 0.1) is 0 Å². The predicted molar refractivity (Wildman–Crippen MR) is 98.9 cm³/mol. The minimum atomic E-state index is -0.500. The van der Waals surface area contributed by atoms with Crippen LogP contribution in [-0.4, -0.2) is 31.4 Å². The molecule has 0 aromatic heterocycles. The van der Waals surface area contributed by atoms with E-state index in [4.69, 9.17) is 9.47 Å². The Balaban J connectivity index is 2.10. The molecule has 0 spiro atoms. The number of methoxy groups -OCH3 is 1. The zero-order valence-corrected chi connectivity index (χ0v) is 15.8. The van der Waals surface area contributed by atoms with Crippen LogP contribution in [0.5, 0.6) is 0 Å². The summed E-state index contributed by atoms with van der Waals surface area (Å²) in [6.45, 7) is 3.83. The lowest BCUT2D eigenvalue weighted by Crippen LogP contribution is -2.34. The lowest BCUT2D eigenvalue weighted by Gasteiger charge is -2.34. The second-order valence-corrected chi connectivity index (χ2v) is 6.60. The first-order chi connectivity index (χ1) is 13.0. The van der Waals surface area contributed by atoms with Gasteiger partial charge in [0.05, 0.1) is 24.9 Å². The highest BCUT2D eigenvalue weighted by molar-refractivity contribution is 6.03. The summed E-state index contributed by atoms with van der Waals surface area (Å²) < 4.78 is 9.99. The van der Waals surface area contributed by atoms with Gasteiger partial charge in [0.2, 0.25) is 0 Å². The minimum absolute atomic E-state index is 0.0418. The second kappa shape index (κ2) is 7.78. The Kier molecular flexibility index (Phi) is 5.44.